The molecule has 1 aromatic carbocycles. The van der Waals surface area contributed by atoms with Crippen molar-refractivity contribution in [3.63, 3.8) is 0 Å². The van der Waals surface area contributed by atoms with Crippen molar-refractivity contribution < 1.29 is 29.7 Å². The molecule has 0 saturated heterocycles. The largest absolute Gasteiger partial charge is 0.507 e. The first-order chi connectivity index (χ1) is 11.6. The summed E-state index contributed by atoms with van der Waals surface area (Å²) in [4.78, 5) is 38.5. The maximum Gasteiger partial charge on any atom is 0.193 e. The second kappa shape index (κ2) is 4.86. The van der Waals surface area contributed by atoms with Gasteiger partial charge in [0.15, 0.2) is 11.6 Å². The van der Waals surface area contributed by atoms with Gasteiger partial charge >= 0.3 is 0 Å². The summed E-state index contributed by atoms with van der Waals surface area (Å²) < 4.78 is 0. The third kappa shape index (κ3) is 2.14. The lowest BCUT2D eigenvalue weighted by molar-refractivity contribution is -0.156. The molecule has 6 nitrogen and oxygen atoms in total. The number of ketones is 3. The molecule has 0 radical (unpaired) electrons. The van der Waals surface area contributed by atoms with Crippen molar-refractivity contribution in [1.29, 1.82) is 0 Å². The molecule has 3 N–H and O–H groups in total. The van der Waals surface area contributed by atoms with Gasteiger partial charge in [0.25, 0.3) is 0 Å². The highest BCUT2D eigenvalue weighted by Crippen LogP contribution is 2.51. The lowest BCUT2D eigenvalue weighted by atomic mass is 9.58. The minimum Gasteiger partial charge on any atom is -0.507 e. The van der Waals surface area contributed by atoms with Crippen molar-refractivity contribution in [2.75, 3.05) is 0 Å². The summed E-state index contributed by atoms with van der Waals surface area (Å²) in [6.45, 7) is 1.49. The smallest absolute Gasteiger partial charge is 0.193 e. The van der Waals surface area contributed by atoms with Gasteiger partial charge in [0.1, 0.15) is 11.5 Å². The highest BCUT2D eigenvalue weighted by molar-refractivity contribution is 6.29. The molecule has 4 rings (SSSR count). The van der Waals surface area contributed by atoms with Crippen molar-refractivity contribution in [3.8, 4) is 5.75 Å². The molecular formula is C19H18O6. The molecule has 0 amide bonds. The summed E-state index contributed by atoms with van der Waals surface area (Å²) in [5.41, 5.74) is -2.62. The molecule has 1 saturated carbocycles. The number of aliphatic hydroxyl groups is 2. The number of hydrogen-bond acceptors (Lipinski definition) is 6. The van der Waals surface area contributed by atoms with E-state index in [4.69, 9.17) is 0 Å². The normalized spacial score (nSPS) is 34.5. The topological polar surface area (TPSA) is 112 Å². The van der Waals surface area contributed by atoms with Crippen LogP contribution < -0.4 is 0 Å². The number of benzene rings is 1. The summed E-state index contributed by atoms with van der Waals surface area (Å²) >= 11 is 0. The zero-order valence-corrected chi connectivity index (χ0v) is 13.7. The monoisotopic (exact) mass is 342 g/mol. The van der Waals surface area contributed by atoms with Gasteiger partial charge < -0.3 is 15.3 Å². The van der Waals surface area contributed by atoms with Crippen molar-refractivity contribution in [2.45, 2.75) is 43.8 Å². The number of aromatic hydroxyl groups is 1. The second-order valence-electron chi connectivity index (χ2n) is 7.60. The van der Waals surface area contributed by atoms with Gasteiger partial charge in [0, 0.05) is 29.6 Å². The van der Waals surface area contributed by atoms with E-state index in [1.54, 1.807) is 0 Å². The molecule has 6 heteroatoms. The van der Waals surface area contributed by atoms with E-state index in [1.165, 1.54) is 25.1 Å². The van der Waals surface area contributed by atoms with Crippen molar-refractivity contribution in [3.05, 3.63) is 40.5 Å². The van der Waals surface area contributed by atoms with Gasteiger partial charge in [-0.15, -0.1) is 0 Å². The van der Waals surface area contributed by atoms with Crippen LogP contribution in [0.25, 0.3) is 0 Å². The van der Waals surface area contributed by atoms with E-state index >= 15 is 0 Å². The molecule has 0 aromatic heterocycles. The number of hydrogen-bond donors (Lipinski definition) is 3. The van der Waals surface area contributed by atoms with Crippen LogP contribution in [-0.2, 0) is 4.79 Å². The Bertz CT molecular complexity index is 878. The fourth-order valence-electron chi connectivity index (χ4n) is 4.68. The first kappa shape index (κ1) is 16.2. The van der Waals surface area contributed by atoms with Crippen LogP contribution >= 0.6 is 0 Å². The average molecular weight is 342 g/mol. The third-order valence-corrected chi connectivity index (χ3v) is 5.56. The Balaban J connectivity index is 1.91. The lowest BCUT2D eigenvalue weighted by Gasteiger charge is -2.49. The van der Waals surface area contributed by atoms with Crippen molar-refractivity contribution in [2.24, 2.45) is 5.92 Å². The minimum atomic E-state index is -1.54. The summed E-state index contributed by atoms with van der Waals surface area (Å²) in [6, 6.07) is 4.25. The molecule has 0 bridgehead atoms. The SMILES string of the molecule is C[C@@]1(O)CC(=O)[C@H]2C3=C(CC[C@@]2(O)C1)C(=O)c1c(O)cccc1C3=O. The van der Waals surface area contributed by atoms with Gasteiger partial charge in [-0.2, -0.15) is 0 Å². The number of rotatable bonds is 0. The Hall–Kier alpha value is -2.31. The Kier molecular flexibility index (Phi) is 3.15. The second-order valence-corrected chi connectivity index (χ2v) is 7.60. The average Bonchev–Trinajstić information content (AvgIpc) is 2.49. The molecule has 0 heterocycles. The number of carbonyl (C=O) groups is 3. The molecule has 130 valence electrons. The molecule has 0 spiro atoms. The van der Waals surface area contributed by atoms with Gasteiger partial charge in [-0.3, -0.25) is 14.4 Å². The fraction of sp³-hybridized carbons (Fsp3) is 0.421. The van der Waals surface area contributed by atoms with E-state index in [0.29, 0.717) is 0 Å². The first-order valence-electron chi connectivity index (χ1n) is 8.26. The zero-order valence-electron chi connectivity index (χ0n) is 13.7. The molecular weight excluding hydrogens is 324 g/mol. The van der Waals surface area contributed by atoms with Crippen LogP contribution in [0.15, 0.2) is 29.3 Å². The molecule has 0 aliphatic heterocycles. The highest BCUT2D eigenvalue weighted by Gasteiger charge is 2.57. The number of phenols is 1. The molecule has 3 atom stereocenters. The summed E-state index contributed by atoms with van der Waals surface area (Å²) in [5, 5.41) is 31.3. The van der Waals surface area contributed by atoms with Gasteiger partial charge in [0.2, 0.25) is 0 Å². The fourth-order valence-corrected chi connectivity index (χ4v) is 4.68. The van der Waals surface area contributed by atoms with E-state index in [0.717, 1.165) is 0 Å². The van der Waals surface area contributed by atoms with Gasteiger partial charge in [-0.1, -0.05) is 12.1 Å². The standard InChI is InChI=1S/C19H18O6/c1-18(24)7-12(21)15-14-10(5-6-19(15,25)8-18)16(22)13-9(17(14)23)3-2-4-11(13)20/h2-4,15,20,24-25H,5-8H2,1H3/t15-,18+,19+/m0/s1. The maximum absolute atomic E-state index is 13.0. The molecule has 1 aromatic rings. The van der Waals surface area contributed by atoms with Gasteiger partial charge in [-0.05, 0) is 25.8 Å². The predicted molar refractivity (Wildman–Crippen MR) is 86.3 cm³/mol. The van der Waals surface area contributed by atoms with Crippen LogP contribution in [0.1, 0.15) is 53.3 Å². The number of carbonyl (C=O) groups excluding carboxylic acids is 3. The summed E-state index contributed by atoms with van der Waals surface area (Å²) in [7, 11) is 0. The quantitative estimate of drug-likeness (QED) is 0.656. The van der Waals surface area contributed by atoms with Crippen LogP contribution in [-0.4, -0.2) is 43.9 Å². The van der Waals surface area contributed by atoms with Gasteiger partial charge in [-0.25, -0.2) is 0 Å². The summed E-state index contributed by atoms with van der Waals surface area (Å²) in [6.07, 6.45) is 0.0387. The third-order valence-electron chi connectivity index (χ3n) is 5.56. The molecule has 25 heavy (non-hydrogen) atoms. The van der Waals surface area contributed by atoms with Crippen LogP contribution in [0.3, 0.4) is 0 Å². The predicted octanol–water partition coefficient (Wildman–Crippen LogP) is 1.32. The minimum absolute atomic E-state index is 0.0262. The number of allylic oxidation sites excluding steroid dienone is 1. The zero-order chi connectivity index (χ0) is 18.1. The van der Waals surface area contributed by atoms with Crippen LogP contribution in [0.4, 0.5) is 0 Å². The van der Waals surface area contributed by atoms with Crippen molar-refractivity contribution in [1.82, 2.24) is 0 Å². The molecule has 1 fully saturated rings. The lowest BCUT2D eigenvalue weighted by Crippen LogP contribution is -2.58. The van der Waals surface area contributed by atoms with E-state index in [-0.39, 0.29) is 53.7 Å². The number of Topliss-reactive ketones (excluding diaryl/α,β-unsaturated/α-hetero) is 3. The van der Waals surface area contributed by atoms with E-state index in [9.17, 15) is 29.7 Å². The van der Waals surface area contributed by atoms with Crippen LogP contribution in [0.2, 0.25) is 0 Å². The molecule has 0 unspecified atom stereocenters. The first-order valence-corrected chi connectivity index (χ1v) is 8.26. The number of phenolic OH excluding ortho intramolecular Hbond substituents is 1. The van der Waals surface area contributed by atoms with Crippen molar-refractivity contribution >= 4 is 17.3 Å². The highest BCUT2D eigenvalue weighted by atomic mass is 16.3. The Morgan fingerprint density at radius 3 is 2.56 bits per heavy atom. The van der Waals surface area contributed by atoms with Crippen LogP contribution in [0, 0.1) is 5.92 Å². The summed E-state index contributed by atoms with van der Waals surface area (Å²) in [5.74, 6) is -2.77. The van der Waals surface area contributed by atoms with E-state index in [1.807, 2.05) is 0 Å². The maximum atomic E-state index is 13.0. The Morgan fingerprint density at radius 2 is 1.84 bits per heavy atom. The number of fused-ring (bicyclic) bond motifs is 3. The van der Waals surface area contributed by atoms with Gasteiger partial charge in [0.05, 0.1) is 22.7 Å². The molecule has 3 aliphatic rings. The Morgan fingerprint density at radius 1 is 1.12 bits per heavy atom. The Labute approximate surface area is 143 Å². The van der Waals surface area contributed by atoms with Crippen LogP contribution in [0.5, 0.6) is 5.75 Å². The molecule has 3 aliphatic carbocycles. The van der Waals surface area contributed by atoms with E-state index in [2.05, 4.69) is 0 Å². The van der Waals surface area contributed by atoms with E-state index < -0.39 is 34.5 Å².